The molecule has 2 aromatic rings. The molecule has 0 aromatic heterocycles. The second-order valence-corrected chi connectivity index (χ2v) is 9.66. The monoisotopic (exact) mass is 510 g/mol. The van der Waals surface area contributed by atoms with Crippen LogP contribution >= 0.6 is 0 Å². The van der Waals surface area contributed by atoms with E-state index in [1.165, 1.54) is 6.42 Å². The summed E-state index contributed by atoms with van der Waals surface area (Å²) in [5, 5.41) is 11.5. The van der Waals surface area contributed by atoms with Crippen molar-refractivity contribution in [2.45, 2.75) is 63.6 Å². The summed E-state index contributed by atoms with van der Waals surface area (Å²) in [6.07, 6.45) is 5.03. The minimum atomic E-state index is -1.18. The summed E-state index contributed by atoms with van der Waals surface area (Å²) in [7, 11) is 1.55. The van der Waals surface area contributed by atoms with E-state index in [0.29, 0.717) is 30.3 Å². The number of carbonyl (C=O) groups is 1. The van der Waals surface area contributed by atoms with Gasteiger partial charge in [0.1, 0.15) is 6.61 Å². The van der Waals surface area contributed by atoms with Crippen LogP contribution in [0.25, 0.3) is 0 Å². The molecule has 2 fully saturated rings. The predicted molar refractivity (Wildman–Crippen MR) is 139 cm³/mol. The van der Waals surface area contributed by atoms with Gasteiger partial charge < -0.3 is 28.8 Å². The van der Waals surface area contributed by atoms with Gasteiger partial charge in [-0.3, -0.25) is 4.79 Å². The topological polar surface area (TPSA) is 83.5 Å². The van der Waals surface area contributed by atoms with Crippen LogP contribution in [0, 0.1) is 11.8 Å². The van der Waals surface area contributed by atoms with E-state index in [1.807, 2.05) is 30.3 Å². The number of ether oxygens (including phenoxy) is 5. The average molecular weight is 511 g/mol. The molecule has 1 aliphatic carbocycles. The molecule has 0 unspecified atom stereocenters. The zero-order valence-electron chi connectivity index (χ0n) is 21.8. The number of aliphatic hydroxyl groups excluding tert-OH is 1. The van der Waals surface area contributed by atoms with Crippen LogP contribution in [0.1, 0.15) is 56.3 Å². The lowest BCUT2D eigenvalue weighted by Gasteiger charge is -2.34. The van der Waals surface area contributed by atoms with Crippen LogP contribution in [-0.2, 0) is 25.6 Å². The number of rotatable bonds is 11. The Bertz CT molecular complexity index is 1030. The molecule has 1 N–H and O–H groups in total. The Labute approximate surface area is 219 Å². The normalized spacial score (nSPS) is 21.1. The summed E-state index contributed by atoms with van der Waals surface area (Å²) >= 11 is 0. The van der Waals surface area contributed by atoms with Crippen molar-refractivity contribution in [3.63, 3.8) is 0 Å². The van der Waals surface area contributed by atoms with Gasteiger partial charge in [0.05, 0.1) is 38.4 Å². The lowest BCUT2D eigenvalue weighted by molar-refractivity contribution is -0.194. The predicted octanol–water partition coefficient (Wildman–Crippen LogP) is 5.36. The molecular weight excluding hydrogens is 472 g/mol. The number of esters is 1. The molecule has 0 radical (unpaired) electrons. The van der Waals surface area contributed by atoms with Crippen molar-refractivity contribution in [3.05, 3.63) is 72.3 Å². The molecule has 2 aliphatic rings. The number of aliphatic hydroxyl groups is 1. The number of hydrogen-bond donors (Lipinski definition) is 1. The molecule has 1 aliphatic heterocycles. The van der Waals surface area contributed by atoms with Gasteiger partial charge in [0.15, 0.2) is 17.3 Å². The fourth-order valence-electron chi connectivity index (χ4n) is 5.31. The average Bonchev–Trinajstić information content (AvgIpc) is 3.33. The third-order valence-electron chi connectivity index (χ3n) is 7.27. The third-order valence-corrected chi connectivity index (χ3v) is 7.27. The first kappa shape index (κ1) is 27.2. The highest BCUT2D eigenvalue weighted by Crippen LogP contribution is 2.43. The molecule has 7 heteroatoms. The van der Waals surface area contributed by atoms with Gasteiger partial charge in [0.25, 0.3) is 0 Å². The van der Waals surface area contributed by atoms with E-state index >= 15 is 0 Å². The molecule has 2 aromatic carbocycles. The maximum absolute atomic E-state index is 13.2. The Morgan fingerprint density at radius 3 is 2.59 bits per heavy atom. The summed E-state index contributed by atoms with van der Waals surface area (Å²) in [6.45, 7) is 6.65. The van der Waals surface area contributed by atoms with E-state index in [-0.39, 0.29) is 6.61 Å². The lowest BCUT2D eigenvalue weighted by atomic mass is 9.81. The number of benzene rings is 2. The molecule has 7 nitrogen and oxygen atoms in total. The lowest BCUT2D eigenvalue weighted by Crippen LogP contribution is -2.40. The zero-order valence-corrected chi connectivity index (χ0v) is 21.8. The van der Waals surface area contributed by atoms with Gasteiger partial charge in [-0.15, -0.1) is 6.58 Å². The van der Waals surface area contributed by atoms with Crippen molar-refractivity contribution in [1.82, 2.24) is 0 Å². The van der Waals surface area contributed by atoms with Crippen LogP contribution < -0.4 is 9.47 Å². The Kier molecular flexibility index (Phi) is 9.24. The molecule has 4 rings (SSSR count). The second-order valence-electron chi connectivity index (χ2n) is 9.66. The molecule has 0 bridgehead atoms. The zero-order chi connectivity index (χ0) is 26.3. The molecule has 200 valence electrons. The SMILES string of the molecule is C=C[C@H]([C@@H](C(=O)OCC)[C@H](O)c1ccc(OCc2ccccc2)c(OC)c1)[C@H]1COC2(CCCCC2)O1. The number of methoxy groups -OCH3 is 1. The molecule has 1 heterocycles. The molecular formula is C30H38O7. The van der Waals surface area contributed by atoms with Crippen LogP contribution in [0.15, 0.2) is 61.2 Å². The Hall–Kier alpha value is -2.87. The summed E-state index contributed by atoms with van der Waals surface area (Å²) in [5.74, 6) is -1.53. The molecule has 1 spiro atoms. The summed E-state index contributed by atoms with van der Waals surface area (Å²) in [6, 6.07) is 15.0. The summed E-state index contributed by atoms with van der Waals surface area (Å²) in [4.78, 5) is 13.2. The molecule has 4 atom stereocenters. The molecule has 1 saturated heterocycles. The van der Waals surface area contributed by atoms with Gasteiger partial charge in [-0.25, -0.2) is 0 Å². The molecule has 1 saturated carbocycles. The van der Waals surface area contributed by atoms with Crippen LogP contribution in [0.2, 0.25) is 0 Å². The van der Waals surface area contributed by atoms with E-state index in [4.69, 9.17) is 23.7 Å². The fraction of sp³-hybridized carbons (Fsp3) is 0.500. The highest BCUT2D eigenvalue weighted by Gasteiger charge is 2.48. The van der Waals surface area contributed by atoms with Crippen molar-refractivity contribution >= 4 is 5.97 Å². The first-order valence-electron chi connectivity index (χ1n) is 13.1. The minimum absolute atomic E-state index is 0.202. The highest BCUT2D eigenvalue weighted by molar-refractivity contribution is 5.74. The summed E-state index contributed by atoms with van der Waals surface area (Å²) in [5.41, 5.74) is 1.54. The van der Waals surface area contributed by atoms with Gasteiger partial charge >= 0.3 is 5.97 Å². The van der Waals surface area contributed by atoms with Gasteiger partial charge in [-0.05, 0) is 43.0 Å². The van der Waals surface area contributed by atoms with Gasteiger partial charge in [-0.2, -0.15) is 0 Å². The fourth-order valence-corrected chi connectivity index (χ4v) is 5.31. The number of carbonyl (C=O) groups excluding carboxylic acids is 1. The smallest absolute Gasteiger partial charge is 0.312 e. The number of hydrogen-bond acceptors (Lipinski definition) is 7. The van der Waals surface area contributed by atoms with Crippen molar-refractivity contribution < 1.29 is 33.6 Å². The van der Waals surface area contributed by atoms with Crippen molar-refractivity contribution in [2.75, 3.05) is 20.3 Å². The summed E-state index contributed by atoms with van der Waals surface area (Å²) < 4.78 is 29.5. The van der Waals surface area contributed by atoms with Crippen molar-refractivity contribution in [2.24, 2.45) is 11.8 Å². The quantitative estimate of drug-likeness (QED) is 0.322. The Morgan fingerprint density at radius 2 is 1.92 bits per heavy atom. The maximum Gasteiger partial charge on any atom is 0.312 e. The second kappa shape index (κ2) is 12.6. The van der Waals surface area contributed by atoms with E-state index in [1.54, 1.807) is 38.3 Å². The van der Waals surface area contributed by atoms with Gasteiger partial charge in [-0.1, -0.05) is 48.9 Å². The third kappa shape index (κ3) is 6.35. The van der Waals surface area contributed by atoms with E-state index in [2.05, 4.69) is 6.58 Å². The van der Waals surface area contributed by atoms with Crippen LogP contribution in [0.3, 0.4) is 0 Å². The Balaban J connectivity index is 1.55. The van der Waals surface area contributed by atoms with Crippen molar-refractivity contribution in [3.8, 4) is 11.5 Å². The first-order chi connectivity index (χ1) is 18.0. The van der Waals surface area contributed by atoms with Crippen LogP contribution in [-0.4, -0.2) is 43.3 Å². The van der Waals surface area contributed by atoms with E-state index in [0.717, 1.165) is 31.2 Å². The standard InChI is InChI=1S/C30H38O7/c1-4-23(26-20-36-30(37-26)16-10-7-11-17-30)27(29(32)34-5-2)28(31)22-14-15-24(25(18-22)33-3)35-19-21-12-8-6-9-13-21/h4,6,8-9,12-15,18,23,26-28,31H,1,5,7,10-11,16-17,19-20H2,2-3H3/t23-,26+,27+,28+/m0/s1. The molecule has 37 heavy (non-hydrogen) atoms. The Morgan fingerprint density at radius 1 is 1.16 bits per heavy atom. The highest BCUT2D eigenvalue weighted by atomic mass is 16.7. The first-order valence-corrected chi connectivity index (χ1v) is 13.1. The van der Waals surface area contributed by atoms with Crippen LogP contribution in [0.5, 0.6) is 11.5 Å². The van der Waals surface area contributed by atoms with Crippen LogP contribution in [0.4, 0.5) is 0 Å². The van der Waals surface area contributed by atoms with E-state index < -0.39 is 35.8 Å². The van der Waals surface area contributed by atoms with Crippen molar-refractivity contribution in [1.29, 1.82) is 0 Å². The minimum Gasteiger partial charge on any atom is -0.493 e. The largest absolute Gasteiger partial charge is 0.493 e. The maximum atomic E-state index is 13.2. The van der Waals surface area contributed by atoms with Gasteiger partial charge in [0.2, 0.25) is 0 Å². The van der Waals surface area contributed by atoms with Gasteiger partial charge in [0, 0.05) is 18.8 Å². The van der Waals surface area contributed by atoms with E-state index in [9.17, 15) is 9.90 Å². The molecule has 0 amide bonds.